The van der Waals surface area contributed by atoms with Crippen molar-refractivity contribution in [2.45, 2.75) is 57.7 Å². The van der Waals surface area contributed by atoms with Crippen molar-refractivity contribution in [1.82, 2.24) is 0 Å². The van der Waals surface area contributed by atoms with Gasteiger partial charge < -0.3 is 9.84 Å². The second-order valence-electron chi connectivity index (χ2n) is 9.99. The highest BCUT2D eigenvalue weighted by Gasteiger charge is 2.30. The van der Waals surface area contributed by atoms with Crippen LogP contribution in [0.3, 0.4) is 0 Å². The molecule has 2 nitrogen and oxygen atoms in total. The summed E-state index contributed by atoms with van der Waals surface area (Å²) >= 11 is 0. The van der Waals surface area contributed by atoms with Crippen LogP contribution in [-0.2, 0) is 11.2 Å². The molecule has 1 saturated heterocycles. The van der Waals surface area contributed by atoms with Gasteiger partial charge in [-0.2, -0.15) is 0 Å². The zero-order valence-corrected chi connectivity index (χ0v) is 19.9. The Balaban J connectivity index is 1.20. The van der Waals surface area contributed by atoms with Gasteiger partial charge in [-0.1, -0.05) is 54.1 Å². The fraction of sp³-hybridized carbons (Fsp3) is 0.400. The van der Waals surface area contributed by atoms with Gasteiger partial charge in [-0.25, -0.2) is 13.2 Å². The van der Waals surface area contributed by atoms with Gasteiger partial charge in [-0.3, -0.25) is 0 Å². The van der Waals surface area contributed by atoms with E-state index in [2.05, 4.69) is 0 Å². The van der Waals surface area contributed by atoms with Gasteiger partial charge in [-0.15, -0.1) is 0 Å². The number of hydrogen-bond acceptors (Lipinski definition) is 2. The topological polar surface area (TPSA) is 32.8 Å². The number of aliphatic hydroxyl groups excluding tert-OH is 1. The molecule has 0 radical (unpaired) electrons. The van der Waals surface area contributed by atoms with Gasteiger partial charge in [0.2, 0.25) is 0 Å². The summed E-state index contributed by atoms with van der Waals surface area (Å²) in [6.45, 7) is 2.43. The Morgan fingerprint density at radius 3 is 2.40 bits per heavy atom. The second-order valence-corrected chi connectivity index (χ2v) is 9.99. The quantitative estimate of drug-likeness (QED) is 0.325. The largest absolute Gasteiger partial charge is 0.393 e. The zero-order valence-electron chi connectivity index (χ0n) is 19.9. The maximum Gasteiger partial charge on any atom is 0.158 e. The lowest BCUT2D eigenvalue weighted by atomic mass is 9.78. The van der Waals surface area contributed by atoms with Crippen LogP contribution in [-0.4, -0.2) is 17.8 Å². The summed E-state index contributed by atoms with van der Waals surface area (Å²) in [6.07, 6.45) is 7.17. The smallest absolute Gasteiger partial charge is 0.158 e. The van der Waals surface area contributed by atoms with Crippen molar-refractivity contribution in [2.24, 2.45) is 11.8 Å². The van der Waals surface area contributed by atoms with Crippen molar-refractivity contribution in [3.8, 4) is 11.1 Å². The number of allylic oxidation sites excluding steroid dienone is 6. The number of hydrogen-bond donors (Lipinski definition) is 1. The summed E-state index contributed by atoms with van der Waals surface area (Å²) < 4.78 is 49.6. The summed E-state index contributed by atoms with van der Waals surface area (Å²) in [5.41, 5.74) is 4.54. The predicted octanol–water partition coefficient (Wildman–Crippen LogP) is 7.70. The standard InChI is InChI=1S/C30H31F3O2/c1-18(34)20-8-10-22(11-9-20)26-15-12-23(29(32)30(26)33)7-4-19-2-5-21(6-3-19)25-14-13-24(16-27(25)31)28-17-35-28/h2-3,5-6,10,12-14,16,18,20,26,28,34H,4,7-9,11,15,17H2,1H3. The molecule has 0 aromatic heterocycles. The van der Waals surface area contributed by atoms with Crippen LogP contribution in [0, 0.1) is 17.7 Å². The number of rotatable bonds is 7. The molecule has 4 atom stereocenters. The Kier molecular flexibility index (Phi) is 6.99. The molecule has 2 aliphatic carbocycles. The SMILES string of the molecule is CC(O)C1CC=C(C2CC=C(CCc3ccc(-c4ccc(C5CO5)cc4F)cc3)C(F)=C2F)CC1. The van der Waals surface area contributed by atoms with Crippen LogP contribution >= 0.6 is 0 Å². The highest BCUT2D eigenvalue weighted by Crippen LogP contribution is 2.41. The minimum Gasteiger partial charge on any atom is -0.393 e. The second kappa shape index (κ2) is 10.2. The van der Waals surface area contributed by atoms with E-state index in [1.807, 2.05) is 42.5 Å². The first-order valence-corrected chi connectivity index (χ1v) is 12.5. The van der Waals surface area contributed by atoms with Gasteiger partial charge in [0.05, 0.1) is 12.7 Å². The van der Waals surface area contributed by atoms with Crippen LogP contribution in [0.15, 0.2) is 77.4 Å². The molecule has 5 heteroatoms. The third-order valence-electron chi connectivity index (χ3n) is 7.66. The van der Waals surface area contributed by atoms with Crippen LogP contribution < -0.4 is 0 Å². The van der Waals surface area contributed by atoms with E-state index in [1.165, 1.54) is 6.07 Å². The van der Waals surface area contributed by atoms with Crippen molar-refractivity contribution >= 4 is 0 Å². The van der Waals surface area contributed by atoms with Crippen LogP contribution in [0.2, 0.25) is 0 Å². The lowest BCUT2D eigenvalue weighted by molar-refractivity contribution is 0.118. The molecule has 1 fully saturated rings. The van der Waals surface area contributed by atoms with E-state index in [1.54, 1.807) is 13.0 Å². The van der Waals surface area contributed by atoms with Crippen LogP contribution in [0.25, 0.3) is 11.1 Å². The van der Waals surface area contributed by atoms with Gasteiger partial charge in [-0.05, 0) is 79.7 Å². The van der Waals surface area contributed by atoms with Crippen molar-refractivity contribution < 1.29 is 23.0 Å². The van der Waals surface area contributed by atoms with E-state index in [9.17, 15) is 18.3 Å². The summed E-state index contributed by atoms with van der Waals surface area (Å²) in [4.78, 5) is 0. The number of halogens is 3. The van der Waals surface area contributed by atoms with E-state index in [0.717, 1.165) is 28.7 Å². The molecule has 5 rings (SSSR count). The number of ether oxygens (including phenoxy) is 1. The average molecular weight is 481 g/mol. The monoisotopic (exact) mass is 480 g/mol. The molecular formula is C30H31F3O2. The maximum absolute atomic E-state index is 14.9. The predicted molar refractivity (Wildman–Crippen MR) is 131 cm³/mol. The minimum atomic E-state index is -0.724. The number of benzene rings is 2. The third-order valence-corrected chi connectivity index (χ3v) is 7.66. The molecule has 0 bridgehead atoms. The first-order valence-electron chi connectivity index (χ1n) is 12.5. The van der Waals surface area contributed by atoms with E-state index in [-0.39, 0.29) is 23.9 Å². The number of aliphatic hydroxyl groups is 1. The molecule has 1 heterocycles. The molecule has 1 N–H and O–H groups in total. The molecule has 4 unspecified atom stereocenters. The van der Waals surface area contributed by atoms with Gasteiger partial charge in [0.25, 0.3) is 0 Å². The number of epoxide rings is 1. The zero-order chi connectivity index (χ0) is 24.5. The van der Waals surface area contributed by atoms with Crippen molar-refractivity contribution in [3.63, 3.8) is 0 Å². The van der Waals surface area contributed by atoms with E-state index in [4.69, 9.17) is 4.74 Å². The summed E-state index contributed by atoms with van der Waals surface area (Å²) in [5, 5.41) is 9.77. The molecule has 2 aromatic carbocycles. The van der Waals surface area contributed by atoms with Crippen LogP contribution in [0.1, 0.15) is 56.3 Å². The fourth-order valence-electron chi connectivity index (χ4n) is 5.25. The molecule has 184 valence electrons. The molecule has 35 heavy (non-hydrogen) atoms. The summed E-state index contributed by atoms with van der Waals surface area (Å²) in [7, 11) is 0. The lowest BCUT2D eigenvalue weighted by Crippen LogP contribution is -2.21. The average Bonchev–Trinajstić information content (AvgIpc) is 3.71. The molecule has 0 amide bonds. The van der Waals surface area contributed by atoms with Crippen LogP contribution in [0.4, 0.5) is 13.2 Å². The highest BCUT2D eigenvalue weighted by atomic mass is 19.2. The maximum atomic E-state index is 14.9. The Bertz CT molecular complexity index is 1170. The summed E-state index contributed by atoms with van der Waals surface area (Å²) in [6, 6.07) is 12.8. The fourth-order valence-corrected chi connectivity index (χ4v) is 5.25. The van der Waals surface area contributed by atoms with Crippen molar-refractivity contribution in [2.75, 3.05) is 6.61 Å². The Morgan fingerprint density at radius 1 is 1.00 bits per heavy atom. The van der Waals surface area contributed by atoms with E-state index in [0.29, 0.717) is 49.8 Å². The third kappa shape index (κ3) is 5.31. The Morgan fingerprint density at radius 2 is 1.77 bits per heavy atom. The van der Waals surface area contributed by atoms with Gasteiger partial charge in [0.15, 0.2) is 5.83 Å². The molecule has 1 aliphatic heterocycles. The highest BCUT2D eigenvalue weighted by molar-refractivity contribution is 5.65. The van der Waals surface area contributed by atoms with Gasteiger partial charge in [0, 0.05) is 11.5 Å². The first kappa shape index (κ1) is 24.1. The first-order chi connectivity index (χ1) is 16.9. The minimum absolute atomic E-state index is 0.0198. The lowest BCUT2D eigenvalue weighted by Gasteiger charge is -2.29. The van der Waals surface area contributed by atoms with Crippen molar-refractivity contribution in [3.05, 3.63) is 94.4 Å². The normalized spacial score (nSPS) is 25.2. The Hall–Kier alpha value is -2.63. The van der Waals surface area contributed by atoms with E-state index >= 15 is 0 Å². The molecule has 0 spiro atoms. The van der Waals surface area contributed by atoms with Crippen LogP contribution in [0.5, 0.6) is 0 Å². The molecular weight excluding hydrogens is 449 g/mol. The van der Waals surface area contributed by atoms with E-state index < -0.39 is 17.6 Å². The molecule has 3 aliphatic rings. The van der Waals surface area contributed by atoms with Gasteiger partial charge in [0.1, 0.15) is 17.7 Å². The summed E-state index contributed by atoms with van der Waals surface area (Å²) in [5.74, 6) is -1.97. The molecule has 2 aromatic rings. The number of aryl methyl sites for hydroxylation is 1. The van der Waals surface area contributed by atoms with Crippen molar-refractivity contribution in [1.29, 1.82) is 0 Å². The van der Waals surface area contributed by atoms with Gasteiger partial charge >= 0.3 is 0 Å². The molecule has 0 saturated carbocycles. The Labute approximate surface area is 204 Å².